The molecule has 5 aromatic rings. The van der Waals surface area contributed by atoms with Crippen molar-refractivity contribution in [2.75, 3.05) is 13.7 Å². The number of aromatic nitrogens is 4. The number of nitrogens with zero attached hydrogens (tertiary/aromatic N) is 3. The fourth-order valence-corrected chi connectivity index (χ4v) is 4.32. The SMILES string of the molecule is COc1cnccc1CCCOc1ccc2nc(-c3cc4ccsc4cn3)[nH]c(=O)c2c1.Cl. The van der Waals surface area contributed by atoms with Gasteiger partial charge in [-0.05, 0) is 65.6 Å². The minimum atomic E-state index is -0.218. The van der Waals surface area contributed by atoms with E-state index in [1.54, 1.807) is 49.2 Å². The zero-order valence-corrected chi connectivity index (χ0v) is 19.4. The van der Waals surface area contributed by atoms with Crippen LogP contribution in [0, 0.1) is 0 Å². The van der Waals surface area contributed by atoms with Gasteiger partial charge in [0.15, 0.2) is 5.82 Å². The summed E-state index contributed by atoms with van der Waals surface area (Å²) in [5.41, 5.74) is 2.11. The molecule has 0 saturated heterocycles. The third kappa shape index (κ3) is 4.81. The van der Waals surface area contributed by atoms with Crippen molar-refractivity contribution < 1.29 is 9.47 Å². The monoisotopic (exact) mass is 480 g/mol. The Hall–Kier alpha value is -3.49. The standard InChI is InChI=1S/C24H20N4O3S.ClH/c1-30-21-13-25-8-6-15(21)3-2-9-31-17-4-5-19-18(12-17)24(29)28-23(27-19)20-11-16-7-10-32-22(16)14-26-20;/h4-8,10-14H,2-3,9H2,1H3,(H,27,28,29);1H. The van der Waals surface area contributed by atoms with Crippen LogP contribution in [0.15, 0.2) is 65.2 Å². The van der Waals surface area contributed by atoms with Crippen molar-refractivity contribution in [1.29, 1.82) is 0 Å². The summed E-state index contributed by atoms with van der Waals surface area (Å²) in [7, 11) is 1.64. The van der Waals surface area contributed by atoms with E-state index in [-0.39, 0.29) is 18.0 Å². The van der Waals surface area contributed by atoms with Gasteiger partial charge in [0.1, 0.15) is 17.2 Å². The van der Waals surface area contributed by atoms with E-state index < -0.39 is 0 Å². The molecule has 0 aliphatic rings. The van der Waals surface area contributed by atoms with Crippen LogP contribution < -0.4 is 15.0 Å². The van der Waals surface area contributed by atoms with E-state index in [0.717, 1.165) is 34.2 Å². The normalized spacial score (nSPS) is 10.8. The first-order valence-electron chi connectivity index (χ1n) is 10.2. The van der Waals surface area contributed by atoms with Crippen molar-refractivity contribution in [3.8, 4) is 23.0 Å². The lowest BCUT2D eigenvalue weighted by Crippen LogP contribution is -2.10. The molecule has 0 spiro atoms. The Balaban J connectivity index is 0.00000259. The number of halogens is 1. The second-order valence-corrected chi connectivity index (χ2v) is 8.21. The number of rotatable bonds is 7. The molecule has 0 amide bonds. The van der Waals surface area contributed by atoms with Crippen molar-refractivity contribution in [3.05, 3.63) is 76.3 Å². The zero-order valence-electron chi connectivity index (χ0n) is 17.8. The van der Waals surface area contributed by atoms with Gasteiger partial charge >= 0.3 is 0 Å². The maximum atomic E-state index is 12.7. The molecule has 0 atom stereocenters. The largest absolute Gasteiger partial charge is 0.495 e. The van der Waals surface area contributed by atoms with Gasteiger partial charge in [-0.1, -0.05) is 0 Å². The van der Waals surface area contributed by atoms with E-state index >= 15 is 0 Å². The van der Waals surface area contributed by atoms with Crippen molar-refractivity contribution in [2.45, 2.75) is 12.8 Å². The number of aryl methyl sites for hydroxylation is 1. The second kappa shape index (κ2) is 9.97. The van der Waals surface area contributed by atoms with E-state index in [4.69, 9.17) is 9.47 Å². The summed E-state index contributed by atoms with van der Waals surface area (Å²) in [6.45, 7) is 0.519. The molecule has 7 nitrogen and oxygen atoms in total. The molecule has 0 bridgehead atoms. The fraction of sp³-hybridized carbons (Fsp3) is 0.167. The molecule has 5 rings (SSSR count). The summed E-state index contributed by atoms with van der Waals surface area (Å²) in [6.07, 6.45) is 6.89. The molecule has 9 heteroatoms. The highest BCUT2D eigenvalue weighted by Crippen LogP contribution is 2.25. The van der Waals surface area contributed by atoms with Gasteiger partial charge in [-0.2, -0.15) is 0 Å². The molecule has 168 valence electrons. The van der Waals surface area contributed by atoms with E-state index in [9.17, 15) is 4.79 Å². The molecule has 1 N–H and O–H groups in total. The molecule has 0 aliphatic heterocycles. The van der Waals surface area contributed by atoms with Gasteiger partial charge in [-0.15, -0.1) is 23.7 Å². The van der Waals surface area contributed by atoms with E-state index in [1.807, 2.05) is 29.6 Å². The number of hydrogen-bond acceptors (Lipinski definition) is 7. The average Bonchev–Trinajstić information content (AvgIpc) is 3.30. The molecule has 1 aromatic carbocycles. The number of pyridine rings is 2. The quantitative estimate of drug-likeness (QED) is 0.328. The van der Waals surface area contributed by atoms with Crippen LogP contribution in [-0.4, -0.2) is 33.7 Å². The molecular weight excluding hydrogens is 460 g/mol. The lowest BCUT2D eigenvalue weighted by molar-refractivity contribution is 0.310. The van der Waals surface area contributed by atoms with Gasteiger partial charge in [-0.3, -0.25) is 14.8 Å². The number of thiophene rings is 1. The van der Waals surface area contributed by atoms with Crippen molar-refractivity contribution in [3.63, 3.8) is 0 Å². The van der Waals surface area contributed by atoms with Crippen LogP contribution in [0.2, 0.25) is 0 Å². The molecule has 4 heterocycles. The van der Waals surface area contributed by atoms with Crippen LogP contribution in [0.1, 0.15) is 12.0 Å². The van der Waals surface area contributed by atoms with E-state index in [2.05, 4.69) is 19.9 Å². The summed E-state index contributed by atoms with van der Waals surface area (Å²) in [5.74, 6) is 1.87. The number of nitrogens with one attached hydrogen (secondary N) is 1. The summed E-state index contributed by atoms with van der Waals surface area (Å²) in [4.78, 5) is 28.7. The van der Waals surface area contributed by atoms with Crippen molar-refractivity contribution in [2.24, 2.45) is 0 Å². The number of fused-ring (bicyclic) bond motifs is 2. The van der Waals surface area contributed by atoms with Crippen LogP contribution in [0.3, 0.4) is 0 Å². The van der Waals surface area contributed by atoms with Gasteiger partial charge < -0.3 is 14.5 Å². The summed E-state index contributed by atoms with van der Waals surface area (Å²) < 4.78 is 12.3. The van der Waals surface area contributed by atoms with Crippen LogP contribution in [0.4, 0.5) is 0 Å². The third-order valence-corrected chi connectivity index (χ3v) is 6.08. The van der Waals surface area contributed by atoms with Gasteiger partial charge in [0.2, 0.25) is 0 Å². The zero-order chi connectivity index (χ0) is 21.9. The van der Waals surface area contributed by atoms with Crippen molar-refractivity contribution in [1.82, 2.24) is 19.9 Å². The number of benzene rings is 1. The Labute approximate surface area is 199 Å². The Morgan fingerprint density at radius 2 is 2.03 bits per heavy atom. The average molecular weight is 481 g/mol. The molecular formula is C24H21ClN4O3S. The maximum absolute atomic E-state index is 12.7. The third-order valence-electron chi connectivity index (χ3n) is 5.21. The van der Waals surface area contributed by atoms with Crippen LogP contribution in [0.5, 0.6) is 11.5 Å². The Morgan fingerprint density at radius 3 is 2.91 bits per heavy atom. The molecule has 0 saturated carbocycles. The number of ether oxygens (including phenoxy) is 2. The number of H-pyrrole nitrogens is 1. The summed E-state index contributed by atoms with van der Waals surface area (Å²) in [6, 6.07) is 11.3. The smallest absolute Gasteiger partial charge is 0.259 e. The van der Waals surface area contributed by atoms with Crippen molar-refractivity contribution >= 4 is 44.7 Å². The van der Waals surface area contributed by atoms with Crippen LogP contribution in [-0.2, 0) is 6.42 Å². The lowest BCUT2D eigenvalue weighted by Gasteiger charge is -2.09. The minimum absolute atomic E-state index is 0. The molecule has 0 radical (unpaired) electrons. The first-order chi connectivity index (χ1) is 15.7. The van der Waals surface area contributed by atoms with Gasteiger partial charge in [-0.25, -0.2) is 4.98 Å². The van der Waals surface area contributed by atoms with E-state index in [0.29, 0.717) is 34.8 Å². The number of hydrogen-bond donors (Lipinski definition) is 1. The van der Waals surface area contributed by atoms with Gasteiger partial charge in [0.05, 0.1) is 35.5 Å². The highest BCUT2D eigenvalue weighted by Gasteiger charge is 2.10. The minimum Gasteiger partial charge on any atom is -0.495 e. The summed E-state index contributed by atoms with van der Waals surface area (Å²) in [5, 5.41) is 3.58. The Bertz CT molecular complexity index is 1470. The van der Waals surface area contributed by atoms with E-state index in [1.165, 1.54) is 0 Å². The maximum Gasteiger partial charge on any atom is 0.259 e. The lowest BCUT2D eigenvalue weighted by atomic mass is 10.1. The molecule has 4 aromatic heterocycles. The summed E-state index contributed by atoms with van der Waals surface area (Å²) >= 11 is 1.63. The second-order valence-electron chi connectivity index (χ2n) is 7.26. The highest BCUT2D eigenvalue weighted by molar-refractivity contribution is 7.17. The number of methoxy groups -OCH3 is 1. The number of aromatic amines is 1. The highest BCUT2D eigenvalue weighted by atomic mass is 35.5. The first-order valence-corrected chi connectivity index (χ1v) is 11.1. The Morgan fingerprint density at radius 1 is 1.12 bits per heavy atom. The topological polar surface area (TPSA) is 90.0 Å². The van der Waals surface area contributed by atoms with Gasteiger partial charge in [0, 0.05) is 12.4 Å². The van der Waals surface area contributed by atoms with Gasteiger partial charge in [0.25, 0.3) is 5.56 Å². The molecule has 33 heavy (non-hydrogen) atoms. The first kappa shape index (κ1) is 22.7. The molecule has 0 unspecified atom stereocenters. The van der Waals surface area contributed by atoms with Crippen LogP contribution >= 0.6 is 23.7 Å². The predicted molar refractivity (Wildman–Crippen MR) is 133 cm³/mol. The molecule has 0 fully saturated rings. The Kier molecular flexibility index (Phi) is 6.86. The fourth-order valence-electron chi connectivity index (χ4n) is 3.58. The predicted octanol–water partition coefficient (Wildman–Crippen LogP) is 5.04. The molecule has 0 aliphatic carbocycles. The van der Waals surface area contributed by atoms with Crippen LogP contribution in [0.25, 0.3) is 32.5 Å².